The van der Waals surface area contributed by atoms with E-state index >= 15 is 0 Å². The predicted octanol–water partition coefficient (Wildman–Crippen LogP) is 4.59. The normalized spacial score (nSPS) is 12.8. The van der Waals surface area contributed by atoms with Gasteiger partial charge in [-0.25, -0.2) is 17.2 Å². The number of hydrogen-bond donors (Lipinski definition) is 1. The van der Waals surface area contributed by atoms with Crippen LogP contribution in [0.2, 0.25) is 0 Å². The van der Waals surface area contributed by atoms with Crippen molar-refractivity contribution in [2.24, 2.45) is 0 Å². The molecule has 1 N–H and O–H groups in total. The highest BCUT2D eigenvalue weighted by molar-refractivity contribution is 7.92. The zero-order valence-electron chi connectivity index (χ0n) is 23.1. The van der Waals surface area contributed by atoms with Gasteiger partial charge in [0.2, 0.25) is 21.8 Å². The molecule has 7 nitrogen and oxygen atoms in total. The summed E-state index contributed by atoms with van der Waals surface area (Å²) in [5.74, 6) is -3.44. The van der Waals surface area contributed by atoms with E-state index in [2.05, 4.69) is 5.32 Å². The Labute approximate surface area is 234 Å². The molecule has 2 atom stereocenters. The molecule has 3 aromatic carbocycles. The third-order valence-electron chi connectivity index (χ3n) is 6.62. The van der Waals surface area contributed by atoms with Crippen molar-refractivity contribution in [3.63, 3.8) is 0 Å². The summed E-state index contributed by atoms with van der Waals surface area (Å²) < 4.78 is 53.8. The molecule has 214 valence electrons. The number of benzene rings is 3. The van der Waals surface area contributed by atoms with Crippen LogP contribution in [0.15, 0.2) is 72.8 Å². The highest BCUT2D eigenvalue weighted by Gasteiger charge is 2.33. The Balaban J connectivity index is 2.06. The van der Waals surface area contributed by atoms with Crippen LogP contribution in [0.1, 0.15) is 37.0 Å². The second kappa shape index (κ2) is 13.5. The zero-order chi connectivity index (χ0) is 29.4. The Hall–Kier alpha value is -3.79. The van der Waals surface area contributed by atoms with Gasteiger partial charge in [-0.2, -0.15) is 0 Å². The van der Waals surface area contributed by atoms with Crippen molar-refractivity contribution in [1.29, 1.82) is 0 Å². The van der Waals surface area contributed by atoms with E-state index < -0.39 is 40.2 Å². The van der Waals surface area contributed by atoms with Crippen LogP contribution in [0, 0.1) is 18.6 Å². The first-order chi connectivity index (χ1) is 18.9. The maximum atomic E-state index is 14.0. The maximum Gasteiger partial charge on any atom is 0.244 e. The first kappa shape index (κ1) is 30.7. The first-order valence-corrected chi connectivity index (χ1v) is 14.9. The molecule has 0 aliphatic rings. The van der Waals surface area contributed by atoms with Crippen molar-refractivity contribution in [3.05, 3.63) is 101 Å². The summed E-state index contributed by atoms with van der Waals surface area (Å²) >= 11 is 0. The molecule has 2 amide bonds. The molecule has 0 fully saturated rings. The van der Waals surface area contributed by atoms with Crippen molar-refractivity contribution in [1.82, 2.24) is 10.2 Å². The third kappa shape index (κ3) is 8.35. The van der Waals surface area contributed by atoms with E-state index in [-0.39, 0.29) is 30.6 Å². The number of hydrogen-bond acceptors (Lipinski definition) is 4. The minimum atomic E-state index is -4.09. The molecule has 3 aromatic rings. The van der Waals surface area contributed by atoms with Crippen molar-refractivity contribution >= 4 is 27.5 Å². The molecule has 0 aliphatic heterocycles. The smallest absolute Gasteiger partial charge is 0.244 e. The fraction of sp³-hybridized carbons (Fsp3) is 0.333. The summed E-state index contributed by atoms with van der Waals surface area (Å²) in [6.07, 6.45) is 1.74. The number of rotatable bonds is 12. The SMILES string of the molecule is CC[C@H](C)NC(=O)[C@@H](Cc1ccccc1)N(Cc1ccc(C)cc1)C(=O)CN(c1ccc(F)c(F)c1)S(C)(=O)=O. The second-order valence-electron chi connectivity index (χ2n) is 9.90. The Morgan fingerprint density at radius 1 is 0.925 bits per heavy atom. The van der Waals surface area contributed by atoms with Gasteiger partial charge in [0.05, 0.1) is 11.9 Å². The standard InChI is InChI=1S/C30H35F2N3O4S/c1-5-22(3)33-30(37)28(17-23-9-7-6-8-10-23)34(19-24-13-11-21(2)12-14-24)29(36)20-35(40(4,38)39)25-15-16-26(31)27(32)18-25/h6-16,18,22,28H,5,17,19-20H2,1-4H3,(H,33,37)/t22-,28+/m0/s1. The molecule has 0 aliphatic carbocycles. The summed E-state index contributed by atoms with van der Waals surface area (Å²) in [4.78, 5) is 28.9. The van der Waals surface area contributed by atoms with Gasteiger partial charge >= 0.3 is 0 Å². The molecule has 0 saturated heterocycles. The van der Waals surface area contributed by atoms with E-state index in [0.717, 1.165) is 41.1 Å². The molecule has 40 heavy (non-hydrogen) atoms. The highest BCUT2D eigenvalue weighted by Crippen LogP contribution is 2.22. The van der Waals surface area contributed by atoms with Crippen LogP contribution in [0.3, 0.4) is 0 Å². The number of carbonyl (C=O) groups is 2. The van der Waals surface area contributed by atoms with Gasteiger partial charge in [0.25, 0.3) is 0 Å². The summed E-state index contributed by atoms with van der Waals surface area (Å²) in [5, 5.41) is 2.95. The van der Waals surface area contributed by atoms with Gasteiger partial charge in [0.1, 0.15) is 12.6 Å². The van der Waals surface area contributed by atoms with E-state index in [9.17, 15) is 26.8 Å². The second-order valence-corrected chi connectivity index (χ2v) is 11.8. The lowest BCUT2D eigenvalue weighted by Gasteiger charge is -2.34. The average Bonchev–Trinajstić information content (AvgIpc) is 2.91. The Morgan fingerprint density at radius 3 is 2.15 bits per heavy atom. The Kier molecular flexibility index (Phi) is 10.4. The topological polar surface area (TPSA) is 86.8 Å². The highest BCUT2D eigenvalue weighted by atomic mass is 32.2. The van der Waals surface area contributed by atoms with E-state index in [1.807, 2.05) is 75.4 Å². The minimum absolute atomic E-state index is 0.0277. The molecule has 0 bridgehead atoms. The van der Waals surface area contributed by atoms with Gasteiger partial charge in [0, 0.05) is 25.1 Å². The summed E-state index contributed by atoms with van der Waals surface area (Å²) in [7, 11) is -4.09. The lowest BCUT2D eigenvalue weighted by Crippen LogP contribution is -2.54. The van der Waals surface area contributed by atoms with Gasteiger partial charge in [-0.05, 0) is 43.5 Å². The van der Waals surface area contributed by atoms with Gasteiger partial charge in [0.15, 0.2) is 11.6 Å². The van der Waals surface area contributed by atoms with Gasteiger partial charge < -0.3 is 10.2 Å². The van der Waals surface area contributed by atoms with Gasteiger partial charge in [-0.15, -0.1) is 0 Å². The molecule has 10 heteroatoms. The largest absolute Gasteiger partial charge is 0.352 e. The summed E-state index contributed by atoms with van der Waals surface area (Å²) in [6.45, 7) is 5.03. The number of sulfonamides is 1. The monoisotopic (exact) mass is 571 g/mol. The minimum Gasteiger partial charge on any atom is -0.352 e. The number of nitrogens with one attached hydrogen (secondary N) is 1. The van der Waals surface area contributed by atoms with Crippen LogP contribution in [0.25, 0.3) is 0 Å². The molecular weight excluding hydrogens is 536 g/mol. The van der Waals surface area contributed by atoms with Crippen LogP contribution < -0.4 is 9.62 Å². The van der Waals surface area contributed by atoms with Crippen molar-refractivity contribution in [2.75, 3.05) is 17.1 Å². The molecule has 3 rings (SSSR count). The van der Waals surface area contributed by atoms with Crippen LogP contribution in [-0.4, -0.2) is 50.0 Å². The predicted molar refractivity (Wildman–Crippen MR) is 152 cm³/mol. The number of halogens is 2. The molecule has 0 saturated carbocycles. The molecule has 0 heterocycles. The number of anilines is 1. The molecule has 0 radical (unpaired) electrons. The first-order valence-electron chi connectivity index (χ1n) is 13.0. The Morgan fingerprint density at radius 2 is 1.57 bits per heavy atom. The quantitative estimate of drug-likeness (QED) is 0.345. The van der Waals surface area contributed by atoms with Crippen molar-refractivity contribution in [2.45, 2.75) is 52.2 Å². The van der Waals surface area contributed by atoms with Gasteiger partial charge in [-0.3, -0.25) is 13.9 Å². The van der Waals surface area contributed by atoms with E-state index in [0.29, 0.717) is 10.7 Å². The number of nitrogens with zero attached hydrogens (tertiary/aromatic N) is 2. The van der Waals surface area contributed by atoms with E-state index in [1.165, 1.54) is 4.90 Å². The zero-order valence-corrected chi connectivity index (χ0v) is 23.9. The van der Waals surface area contributed by atoms with Crippen molar-refractivity contribution in [3.8, 4) is 0 Å². The fourth-order valence-corrected chi connectivity index (χ4v) is 4.98. The summed E-state index contributed by atoms with van der Waals surface area (Å²) in [5.41, 5.74) is 2.37. The van der Waals surface area contributed by atoms with Crippen LogP contribution in [0.5, 0.6) is 0 Å². The maximum absolute atomic E-state index is 14.0. The lowest BCUT2D eigenvalue weighted by molar-refractivity contribution is -0.140. The lowest BCUT2D eigenvalue weighted by atomic mass is 10.0. The summed E-state index contributed by atoms with van der Waals surface area (Å²) in [6, 6.07) is 18.1. The van der Waals surface area contributed by atoms with E-state index in [1.54, 1.807) is 0 Å². The number of amides is 2. The molecule has 0 unspecified atom stereocenters. The number of aryl methyl sites for hydroxylation is 1. The number of carbonyl (C=O) groups excluding carboxylic acids is 2. The molecule has 0 spiro atoms. The van der Waals surface area contributed by atoms with Crippen LogP contribution in [-0.2, 0) is 32.6 Å². The Bertz CT molecular complexity index is 1420. The van der Waals surface area contributed by atoms with E-state index in [4.69, 9.17) is 0 Å². The van der Waals surface area contributed by atoms with Crippen LogP contribution >= 0.6 is 0 Å². The van der Waals surface area contributed by atoms with Crippen molar-refractivity contribution < 1.29 is 26.8 Å². The average molecular weight is 572 g/mol. The third-order valence-corrected chi connectivity index (χ3v) is 7.76. The molecular formula is C30H35F2N3O4S. The molecule has 0 aromatic heterocycles. The van der Waals surface area contributed by atoms with Crippen LogP contribution in [0.4, 0.5) is 14.5 Å². The van der Waals surface area contributed by atoms with Gasteiger partial charge in [-0.1, -0.05) is 67.1 Å². The fourth-order valence-electron chi connectivity index (χ4n) is 4.14.